The molecule has 0 aliphatic heterocycles. The molecule has 2 aromatic heterocycles. The van der Waals surface area contributed by atoms with Gasteiger partial charge in [-0.15, -0.1) is 0 Å². The number of anilines is 1. The van der Waals surface area contributed by atoms with Crippen molar-refractivity contribution in [3.05, 3.63) is 54.4 Å². The lowest BCUT2D eigenvalue weighted by Crippen LogP contribution is -1.94. The zero-order valence-corrected chi connectivity index (χ0v) is 9.59. The molecule has 0 spiro atoms. The predicted octanol–water partition coefficient (Wildman–Crippen LogP) is 2.89. The number of nitrogen functional groups attached to an aromatic ring is 1. The second-order valence-corrected chi connectivity index (χ2v) is 4.12. The minimum Gasteiger partial charge on any atom is -0.396 e. The van der Waals surface area contributed by atoms with Gasteiger partial charge in [0.2, 0.25) is 0 Å². The Labute approximate surface area is 99.5 Å². The quantitative estimate of drug-likeness (QED) is 0.689. The third-order valence-corrected chi connectivity index (χ3v) is 2.92. The van der Waals surface area contributed by atoms with Crippen LogP contribution in [0.4, 0.5) is 5.69 Å². The van der Waals surface area contributed by atoms with E-state index in [9.17, 15) is 0 Å². The average molecular weight is 223 g/mol. The molecule has 0 bridgehead atoms. The predicted molar refractivity (Wildman–Crippen MR) is 69.8 cm³/mol. The van der Waals surface area contributed by atoms with Gasteiger partial charge in [-0.2, -0.15) is 0 Å². The molecule has 3 nitrogen and oxygen atoms in total. The first-order chi connectivity index (χ1) is 8.25. The van der Waals surface area contributed by atoms with Crippen molar-refractivity contribution in [3.8, 4) is 11.3 Å². The van der Waals surface area contributed by atoms with Gasteiger partial charge < -0.3 is 10.1 Å². The van der Waals surface area contributed by atoms with E-state index in [4.69, 9.17) is 5.73 Å². The summed E-state index contributed by atoms with van der Waals surface area (Å²) >= 11 is 0. The van der Waals surface area contributed by atoms with Gasteiger partial charge in [-0.25, -0.2) is 4.98 Å². The first kappa shape index (κ1) is 9.90. The van der Waals surface area contributed by atoms with Crippen molar-refractivity contribution >= 4 is 11.3 Å². The van der Waals surface area contributed by atoms with Crippen LogP contribution >= 0.6 is 0 Å². The van der Waals surface area contributed by atoms with Crippen LogP contribution in [0.3, 0.4) is 0 Å². The molecule has 0 aliphatic rings. The van der Waals surface area contributed by atoms with Gasteiger partial charge in [0.15, 0.2) is 5.65 Å². The topological polar surface area (TPSA) is 43.3 Å². The number of hydrogen-bond acceptors (Lipinski definition) is 2. The molecule has 1 aromatic carbocycles. The highest BCUT2D eigenvalue weighted by atomic mass is 15.0. The maximum atomic E-state index is 5.93. The number of imidazole rings is 1. The summed E-state index contributed by atoms with van der Waals surface area (Å²) in [5.74, 6) is 0. The largest absolute Gasteiger partial charge is 0.396 e. The second kappa shape index (κ2) is 3.63. The van der Waals surface area contributed by atoms with Gasteiger partial charge in [0.25, 0.3) is 0 Å². The number of pyridine rings is 1. The number of benzene rings is 1. The van der Waals surface area contributed by atoms with Gasteiger partial charge in [0, 0.05) is 17.5 Å². The van der Waals surface area contributed by atoms with Crippen molar-refractivity contribution in [2.75, 3.05) is 5.73 Å². The lowest BCUT2D eigenvalue weighted by atomic mass is 10.2. The standard InChI is InChI=1S/C14H13N3/c1-10-7-8-12(15)14-16-13(9-17(10)14)11-5-3-2-4-6-11/h2-9H,15H2,1H3. The Morgan fingerprint density at radius 3 is 2.53 bits per heavy atom. The molecule has 0 saturated heterocycles. The highest BCUT2D eigenvalue weighted by Crippen LogP contribution is 2.22. The number of nitrogens with two attached hydrogens (primary N) is 1. The molecule has 0 fully saturated rings. The van der Waals surface area contributed by atoms with E-state index in [1.807, 2.05) is 60.0 Å². The third-order valence-electron chi connectivity index (χ3n) is 2.92. The fourth-order valence-corrected chi connectivity index (χ4v) is 1.97. The summed E-state index contributed by atoms with van der Waals surface area (Å²) in [7, 11) is 0. The van der Waals surface area contributed by atoms with Gasteiger partial charge in [0.1, 0.15) is 0 Å². The molecule has 2 heterocycles. The van der Waals surface area contributed by atoms with Crippen molar-refractivity contribution in [1.82, 2.24) is 9.38 Å². The van der Waals surface area contributed by atoms with Crippen LogP contribution in [0.5, 0.6) is 0 Å². The third kappa shape index (κ3) is 1.56. The molecule has 3 heteroatoms. The number of fused-ring (bicyclic) bond motifs is 1. The number of rotatable bonds is 1. The van der Waals surface area contributed by atoms with Crippen LogP contribution in [-0.4, -0.2) is 9.38 Å². The van der Waals surface area contributed by atoms with E-state index < -0.39 is 0 Å². The number of aromatic nitrogens is 2. The number of aryl methyl sites for hydroxylation is 1. The van der Waals surface area contributed by atoms with Crippen molar-refractivity contribution in [1.29, 1.82) is 0 Å². The maximum absolute atomic E-state index is 5.93. The number of nitrogens with zero attached hydrogens (tertiary/aromatic N) is 2. The zero-order valence-electron chi connectivity index (χ0n) is 9.59. The molecular formula is C14H13N3. The highest BCUT2D eigenvalue weighted by Gasteiger charge is 2.07. The Hall–Kier alpha value is -2.29. The smallest absolute Gasteiger partial charge is 0.160 e. The summed E-state index contributed by atoms with van der Waals surface area (Å²) in [6, 6.07) is 14.0. The van der Waals surface area contributed by atoms with E-state index in [1.54, 1.807) is 0 Å². The molecule has 0 aliphatic carbocycles. The molecule has 0 amide bonds. The lowest BCUT2D eigenvalue weighted by molar-refractivity contribution is 1.10. The Morgan fingerprint density at radius 2 is 1.82 bits per heavy atom. The minimum absolute atomic E-state index is 0.706. The fraction of sp³-hybridized carbons (Fsp3) is 0.0714. The lowest BCUT2D eigenvalue weighted by Gasteiger charge is -2.00. The first-order valence-electron chi connectivity index (χ1n) is 5.55. The molecule has 0 saturated carbocycles. The van der Waals surface area contributed by atoms with Crippen LogP contribution in [0.1, 0.15) is 5.69 Å². The van der Waals surface area contributed by atoms with Gasteiger partial charge in [-0.05, 0) is 19.1 Å². The average Bonchev–Trinajstić information content (AvgIpc) is 2.81. The Morgan fingerprint density at radius 1 is 1.06 bits per heavy atom. The van der Waals surface area contributed by atoms with Gasteiger partial charge >= 0.3 is 0 Å². The van der Waals surface area contributed by atoms with E-state index in [2.05, 4.69) is 4.98 Å². The highest BCUT2D eigenvalue weighted by molar-refractivity contribution is 5.71. The molecule has 2 N–H and O–H groups in total. The summed E-state index contributed by atoms with van der Waals surface area (Å²) in [4.78, 5) is 4.58. The first-order valence-corrected chi connectivity index (χ1v) is 5.55. The van der Waals surface area contributed by atoms with Crippen molar-refractivity contribution in [3.63, 3.8) is 0 Å². The van der Waals surface area contributed by atoms with Gasteiger partial charge in [-0.1, -0.05) is 30.3 Å². The van der Waals surface area contributed by atoms with Crippen LogP contribution in [0.15, 0.2) is 48.7 Å². The summed E-state index contributed by atoms with van der Waals surface area (Å²) in [5.41, 5.74) is 10.6. The van der Waals surface area contributed by atoms with Crippen molar-refractivity contribution < 1.29 is 0 Å². The van der Waals surface area contributed by atoms with Crippen molar-refractivity contribution in [2.45, 2.75) is 6.92 Å². The summed E-state index contributed by atoms with van der Waals surface area (Å²) in [5, 5.41) is 0. The molecule has 3 rings (SSSR count). The van der Waals surface area contributed by atoms with E-state index in [0.29, 0.717) is 5.69 Å². The van der Waals surface area contributed by atoms with E-state index >= 15 is 0 Å². The van der Waals surface area contributed by atoms with E-state index in [1.165, 1.54) is 0 Å². The van der Waals surface area contributed by atoms with Crippen LogP contribution in [0.2, 0.25) is 0 Å². The normalized spacial score (nSPS) is 10.9. The molecule has 0 radical (unpaired) electrons. The zero-order chi connectivity index (χ0) is 11.8. The Balaban J connectivity index is 2.27. The van der Waals surface area contributed by atoms with Crippen molar-refractivity contribution in [2.24, 2.45) is 0 Å². The number of hydrogen-bond donors (Lipinski definition) is 1. The summed E-state index contributed by atoms with van der Waals surface area (Å²) in [6.07, 6.45) is 2.02. The minimum atomic E-state index is 0.706. The molecule has 84 valence electrons. The van der Waals surface area contributed by atoms with Crippen LogP contribution in [-0.2, 0) is 0 Å². The van der Waals surface area contributed by atoms with Gasteiger partial charge in [-0.3, -0.25) is 0 Å². The molecular weight excluding hydrogens is 210 g/mol. The maximum Gasteiger partial charge on any atom is 0.160 e. The fourth-order valence-electron chi connectivity index (χ4n) is 1.97. The molecule has 0 atom stereocenters. The van der Waals surface area contributed by atoms with Crippen LogP contribution < -0.4 is 5.73 Å². The Bertz CT molecular complexity index is 630. The second-order valence-electron chi connectivity index (χ2n) is 4.12. The monoisotopic (exact) mass is 223 g/mol. The molecule has 17 heavy (non-hydrogen) atoms. The van der Waals surface area contributed by atoms with E-state index in [-0.39, 0.29) is 0 Å². The summed E-state index contributed by atoms with van der Waals surface area (Å²) in [6.45, 7) is 2.04. The van der Waals surface area contributed by atoms with Gasteiger partial charge in [0.05, 0.1) is 11.4 Å². The SMILES string of the molecule is Cc1ccc(N)c2nc(-c3ccccc3)cn12. The summed E-state index contributed by atoms with van der Waals surface area (Å²) < 4.78 is 2.03. The van der Waals surface area contributed by atoms with E-state index in [0.717, 1.165) is 22.6 Å². The van der Waals surface area contributed by atoms with Crippen LogP contribution in [0, 0.1) is 6.92 Å². The van der Waals surface area contributed by atoms with Crippen LogP contribution in [0.25, 0.3) is 16.9 Å². The Kier molecular flexibility index (Phi) is 2.11. The molecule has 3 aromatic rings. The molecule has 0 unspecified atom stereocenters.